The Bertz CT molecular complexity index is 1200. The highest BCUT2D eigenvalue weighted by molar-refractivity contribution is 5.76. The van der Waals surface area contributed by atoms with Crippen LogP contribution in [-0.4, -0.2) is 58.7 Å². The van der Waals surface area contributed by atoms with Crippen LogP contribution in [0, 0.1) is 0 Å². The summed E-state index contributed by atoms with van der Waals surface area (Å²) in [5.74, 6) is -0.128. The van der Waals surface area contributed by atoms with Crippen molar-refractivity contribution in [3.05, 3.63) is 36.5 Å². The van der Waals surface area contributed by atoms with Gasteiger partial charge in [-0.1, -0.05) is 307 Å². The van der Waals surface area contributed by atoms with E-state index in [1.54, 1.807) is 6.08 Å². The van der Waals surface area contributed by atoms with Gasteiger partial charge < -0.3 is 25.4 Å². The molecular weight excluding hydrogens is 903 g/mol. The number of aliphatic hydroxyl groups excluding tert-OH is 3. The van der Waals surface area contributed by atoms with Crippen LogP contribution in [0.5, 0.6) is 0 Å². The van der Waals surface area contributed by atoms with Gasteiger partial charge in [0.15, 0.2) is 0 Å². The molecule has 4 N–H and O–H groups in total. The number of carbonyl (C=O) groups is 2. The number of hydrogen-bond donors (Lipinski definition) is 4. The van der Waals surface area contributed by atoms with Crippen molar-refractivity contribution in [2.75, 3.05) is 13.2 Å². The summed E-state index contributed by atoms with van der Waals surface area (Å²) in [6.07, 6.45) is 73.6. The number of ether oxygens (including phenoxy) is 1. The van der Waals surface area contributed by atoms with Gasteiger partial charge in [-0.2, -0.15) is 0 Å². The molecule has 0 saturated carbocycles. The summed E-state index contributed by atoms with van der Waals surface area (Å²) in [7, 11) is 0. The largest absolute Gasteiger partial charge is 0.466 e. The van der Waals surface area contributed by atoms with Gasteiger partial charge in [-0.3, -0.25) is 9.59 Å². The van der Waals surface area contributed by atoms with Crippen LogP contribution in [0.2, 0.25) is 0 Å². The van der Waals surface area contributed by atoms with Crippen molar-refractivity contribution in [1.82, 2.24) is 5.32 Å². The highest BCUT2D eigenvalue weighted by atomic mass is 16.5. The van der Waals surface area contributed by atoms with Crippen molar-refractivity contribution in [2.24, 2.45) is 0 Å². The predicted octanol–water partition coefficient (Wildman–Crippen LogP) is 19.3. The van der Waals surface area contributed by atoms with E-state index in [1.807, 2.05) is 0 Å². The van der Waals surface area contributed by atoms with Crippen molar-refractivity contribution in [1.29, 1.82) is 0 Å². The van der Waals surface area contributed by atoms with Crippen molar-refractivity contribution in [2.45, 2.75) is 360 Å². The number of aliphatic hydroxyl groups is 3. The standard InChI is InChI=1S/C66H125NO6/c1-3-5-7-9-11-13-15-16-30-34-37-41-45-49-53-57-66(72)73-60-54-50-46-42-38-35-32-29-27-25-23-21-19-17-18-20-22-24-26-28-31-33-36-40-44-48-52-56-65(71)67-63(61-68)64(70)59-58-62(69)55-51-47-43-39-14-12-10-8-6-4-2/h11,13,16,30,58-59,62-64,68-70H,3-10,12,14-15,17-29,31-57,60-61H2,1-2H3,(H,67,71). The fraction of sp³-hybridized carbons (Fsp3) is 0.879. The number of hydrogen-bond acceptors (Lipinski definition) is 6. The Kier molecular flexibility index (Phi) is 59.3. The second kappa shape index (κ2) is 60.9. The molecule has 73 heavy (non-hydrogen) atoms. The first kappa shape index (κ1) is 71.0. The van der Waals surface area contributed by atoms with Gasteiger partial charge in [-0.15, -0.1) is 0 Å². The van der Waals surface area contributed by atoms with Crippen LogP contribution < -0.4 is 5.32 Å². The lowest BCUT2D eigenvalue weighted by molar-refractivity contribution is -0.143. The minimum Gasteiger partial charge on any atom is -0.466 e. The Balaban J connectivity index is 3.40. The third-order valence-electron chi connectivity index (χ3n) is 15.0. The second-order valence-electron chi connectivity index (χ2n) is 22.3. The number of carbonyl (C=O) groups excluding carboxylic acids is 2. The maximum absolute atomic E-state index is 12.5. The molecule has 0 bridgehead atoms. The van der Waals surface area contributed by atoms with Crippen molar-refractivity contribution < 1.29 is 29.6 Å². The fourth-order valence-electron chi connectivity index (χ4n) is 9.98. The maximum Gasteiger partial charge on any atom is 0.305 e. The minimum atomic E-state index is -1.02. The number of allylic oxidation sites excluding steroid dienone is 4. The lowest BCUT2D eigenvalue weighted by Crippen LogP contribution is -2.45. The topological polar surface area (TPSA) is 116 Å². The van der Waals surface area contributed by atoms with Crippen LogP contribution in [0.25, 0.3) is 0 Å². The molecule has 0 radical (unpaired) electrons. The molecule has 3 unspecified atom stereocenters. The highest BCUT2D eigenvalue weighted by Gasteiger charge is 2.18. The SMILES string of the molecule is CCCCCC=CCC=CCCCCCCCC(=O)OCCCCCCCCCCCCCCCCCCCCCCCCCCCCCC(=O)NC(CO)C(O)C=CC(O)CCCCCCCCCCCC. The van der Waals surface area contributed by atoms with Gasteiger partial charge in [-0.05, 0) is 57.8 Å². The van der Waals surface area contributed by atoms with Gasteiger partial charge in [-0.25, -0.2) is 0 Å². The van der Waals surface area contributed by atoms with Gasteiger partial charge in [0.1, 0.15) is 0 Å². The monoisotopic (exact) mass is 1030 g/mol. The molecule has 0 aliphatic heterocycles. The lowest BCUT2D eigenvalue weighted by Gasteiger charge is -2.20. The lowest BCUT2D eigenvalue weighted by atomic mass is 10.0. The molecule has 3 atom stereocenters. The Morgan fingerprint density at radius 2 is 0.753 bits per heavy atom. The number of unbranched alkanes of at least 4 members (excludes halogenated alkanes) is 43. The van der Waals surface area contributed by atoms with Gasteiger partial charge >= 0.3 is 5.97 Å². The van der Waals surface area contributed by atoms with Crippen molar-refractivity contribution >= 4 is 11.9 Å². The molecule has 0 saturated heterocycles. The van der Waals surface area contributed by atoms with Crippen LogP contribution >= 0.6 is 0 Å². The van der Waals surface area contributed by atoms with E-state index in [4.69, 9.17) is 4.74 Å². The first-order valence-electron chi connectivity index (χ1n) is 32.3. The minimum absolute atomic E-state index is 0.000923. The quantitative estimate of drug-likeness (QED) is 0.0274. The average Bonchev–Trinajstić information content (AvgIpc) is 3.39. The summed E-state index contributed by atoms with van der Waals surface area (Å²) in [5.41, 5.74) is 0. The average molecular weight is 1030 g/mol. The van der Waals surface area contributed by atoms with Crippen LogP contribution in [0.4, 0.5) is 0 Å². The van der Waals surface area contributed by atoms with Crippen LogP contribution in [0.15, 0.2) is 36.5 Å². The number of amides is 1. The van der Waals surface area contributed by atoms with Crippen molar-refractivity contribution in [3.8, 4) is 0 Å². The highest BCUT2D eigenvalue weighted by Crippen LogP contribution is 2.18. The first-order chi connectivity index (χ1) is 35.9. The summed E-state index contributed by atoms with van der Waals surface area (Å²) in [6, 6.07) is -0.748. The second-order valence-corrected chi connectivity index (χ2v) is 22.3. The molecule has 1 amide bonds. The molecule has 0 aromatic heterocycles. The zero-order chi connectivity index (χ0) is 53.0. The Hall–Kier alpha value is -1.96. The summed E-state index contributed by atoms with van der Waals surface area (Å²) in [6.45, 7) is 4.77. The van der Waals surface area contributed by atoms with E-state index in [0.29, 0.717) is 25.9 Å². The van der Waals surface area contributed by atoms with Crippen LogP contribution in [-0.2, 0) is 14.3 Å². The zero-order valence-corrected chi connectivity index (χ0v) is 48.7. The summed E-state index contributed by atoms with van der Waals surface area (Å²) in [5, 5.41) is 33.3. The first-order valence-corrected chi connectivity index (χ1v) is 32.3. The Morgan fingerprint density at radius 3 is 1.18 bits per heavy atom. The molecule has 7 heteroatoms. The molecule has 0 spiro atoms. The van der Waals surface area contributed by atoms with Gasteiger partial charge in [0.05, 0.1) is 31.5 Å². The summed E-state index contributed by atoms with van der Waals surface area (Å²) < 4.78 is 5.48. The van der Waals surface area contributed by atoms with E-state index >= 15 is 0 Å². The number of rotatable bonds is 60. The molecule has 0 aliphatic carbocycles. The fourth-order valence-corrected chi connectivity index (χ4v) is 9.98. The Labute approximate surface area is 454 Å². The third kappa shape index (κ3) is 57.6. The molecule has 430 valence electrons. The van der Waals surface area contributed by atoms with E-state index in [9.17, 15) is 24.9 Å². The molecule has 0 heterocycles. The van der Waals surface area contributed by atoms with Gasteiger partial charge in [0.25, 0.3) is 0 Å². The van der Waals surface area contributed by atoms with E-state index in [2.05, 4.69) is 43.5 Å². The summed E-state index contributed by atoms with van der Waals surface area (Å²) >= 11 is 0. The molecular formula is C66H125NO6. The molecule has 7 nitrogen and oxygen atoms in total. The predicted molar refractivity (Wildman–Crippen MR) is 316 cm³/mol. The molecule has 0 aromatic carbocycles. The van der Waals surface area contributed by atoms with Gasteiger partial charge in [0.2, 0.25) is 5.91 Å². The smallest absolute Gasteiger partial charge is 0.305 e. The molecule has 0 fully saturated rings. The van der Waals surface area contributed by atoms with Gasteiger partial charge in [0, 0.05) is 12.8 Å². The van der Waals surface area contributed by atoms with Crippen molar-refractivity contribution in [3.63, 3.8) is 0 Å². The van der Waals surface area contributed by atoms with E-state index in [1.165, 1.54) is 256 Å². The zero-order valence-electron chi connectivity index (χ0n) is 48.7. The molecule has 0 aromatic rings. The molecule has 0 rings (SSSR count). The third-order valence-corrected chi connectivity index (χ3v) is 15.0. The van der Waals surface area contributed by atoms with E-state index in [0.717, 1.165) is 57.8 Å². The summed E-state index contributed by atoms with van der Waals surface area (Å²) in [4.78, 5) is 24.5. The molecule has 0 aliphatic rings. The van der Waals surface area contributed by atoms with Crippen LogP contribution in [0.1, 0.15) is 341 Å². The van der Waals surface area contributed by atoms with Crippen LogP contribution in [0.3, 0.4) is 0 Å². The normalized spacial score (nSPS) is 13.2. The maximum atomic E-state index is 12.5. The number of esters is 1. The number of nitrogens with one attached hydrogen (secondary N) is 1. The van der Waals surface area contributed by atoms with E-state index < -0.39 is 18.2 Å². The Morgan fingerprint density at radius 1 is 0.411 bits per heavy atom. The van der Waals surface area contributed by atoms with E-state index in [-0.39, 0.29) is 18.5 Å².